The largest absolute Gasteiger partial charge is 0.451 e. The Morgan fingerprint density at radius 2 is 2.40 bits per heavy atom. The van der Waals surface area contributed by atoms with E-state index in [0.717, 1.165) is 3.77 Å². The van der Waals surface area contributed by atoms with Gasteiger partial charge in [-0.1, -0.05) is 0 Å². The number of rotatable bonds is 5. The van der Waals surface area contributed by atoms with Gasteiger partial charge in [-0.15, -0.1) is 0 Å². The molecule has 1 aromatic heterocycles. The van der Waals surface area contributed by atoms with Crippen LogP contribution in [0.2, 0.25) is 0 Å². The minimum atomic E-state index is -0.185. The molecule has 2 N–H and O–H groups in total. The summed E-state index contributed by atoms with van der Waals surface area (Å²) in [4.78, 5) is 11.2. The molecule has 1 heterocycles. The summed E-state index contributed by atoms with van der Waals surface area (Å²) in [6.07, 6.45) is 3.58. The number of aliphatic hydroxyl groups is 1. The zero-order valence-electron chi connectivity index (χ0n) is 8.07. The first kappa shape index (κ1) is 12.3. The summed E-state index contributed by atoms with van der Waals surface area (Å²) in [5, 5.41) is 11.1. The number of nitrogens with one attached hydrogen (secondary N) is 1. The number of aliphatic hydroxyl groups excluding tert-OH is 1. The number of halogens is 1. The lowest BCUT2D eigenvalue weighted by atomic mass is 10.3. The van der Waals surface area contributed by atoms with E-state index < -0.39 is 0 Å². The molecular formula is C10H12INO3. The molecule has 0 saturated heterocycles. The second-order valence-corrected chi connectivity index (χ2v) is 3.91. The fourth-order valence-corrected chi connectivity index (χ4v) is 1.36. The first-order valence-electron chi connectivity index (χ1n) is 4.54. The fraction of sp³-hybridized carbons (Fsp3) is 0.300. The van der Waals surface area contributed by atoms with Gasteiger partial charge in [0.25, 0.3) is 0 Å². The van der Waals surface area contributed by atoms with Crippen molar-refractivity contribution in [1.82, 2.24) is 5.32 Å². The average molecular weight is 321 g/mol. The summed E-state index contributed by atoms with van der Waals surface area (Å²) in [5.41, 5.74) is 0. The molecule has 0 spiro atoms. The first-order chi connectivity index (χ1) is 7.22. The summed E-state index contributed by atoms with van der Waals surface area (Å²) in [5.74, 6) is 0.464. The molecule has 1 aromatic rings. The first-order valence-corrected chi connectivity index (χ1v) is 5.62. The van der Waals surface area contributed by atoms with Crippen LogP contribution in [0.4, 0.5) is 0 Å². The number of furan rings is 1. The van der Waals surface area contributed by atoms with E-state index >= 15 is 0 Å². The summed E-state index contributed by atoms with van der Waals surface area (Å²) < 4.78 is 6.02. The van der Waals surface area contributed by atoms with Crippen molar-refractivity contribution in [3.63, 3.8) is 0 Å². The van der Waals surface area contributed by atoms with Crippen LogP contribution < -0.4 is 5.32 Å². The molecule has 0 aliphatic carbocycles. The van der Waals surface area contributed by atoms with Crippen molar-refractivity contribution >= 4 is 34.6 Å². The van der Waals surface area contributed by atoms with E-state index in [1.165, 1.54) is 6.08 Å². The minimum Gasteiger partial charge on any atom is -0.451 e. The van der Waals surface area contributed by atoms with Crippen molar-refractivity contribution in [3.05, 3.63) is 27.7 Å². The Balaban J connectivity index is 2.34. The van der Waals surface area contributed by atoms with E-state index in [1.807, 2.05) is 6.07 Å². The number of hydrogen-bond acceptors (Lipinski definition) is 3. The lowest BCUT2D eigenvalue weighted by molar-refractivity contribution is -0.116. The number of amides is 1. The van der Waals surface area contributed by atoms with E-state index in [2.05, 4.69) is 27.9 Å². The molecule has 1 rings (SSSR count). The van der Waals surface area contributed by atoms with Crippen LogP contribution in [0.3, 0.4) is 0 Å². The highest BCUT2D eigenvalue weighted by Crippen LogP contribution is 2.11. The van der Waals surface area contributed by atoms with Crippen molar-refractivity contribution in [3.8, 4) is 0 Å². The van der Waals surface area contributed by atoms with Crippen LogP contribution in [0.15, 0.2) is 22.6 Å². The third-order valence-corrected chi connectivity index (χ3v) is 2.21. The molecule has 0 unspecified atom stereocenters. The molecule has 0 fully saturated rings. The SMILES string of the molecule is O=C(/C=C/c1ccc(I)o1)NCCCO. The van der Waals surface area contributed by atoms with Gasteiger partial charge in [-0.25, -0.2) is 0 Å². The van der Waals surface area contributed by atoms with Gasteiger partial charge in [0.05, 0.1) is 0 Å². The second kappa shape index (κ2) is 6.62. The van der Waals surface area contributed by atoms with Crippen LogP contribution in [0.1, 0.15) is 12.2 Å². The van der Waals surface area contributed by atoms with Gasteiger partial charge in [0.1, 0.15) is 5.76 Å². The van der Waals surface area contributed by atoms with Crippen molar-refractivity contribution < 1.29 is 14.3 Å². The molecule has 0 aromatic carbocycles. The minimum absolute atomic E-state index is 0.0837. The molecule has 0 radical (unpaired) electrons. The summed E-state index contributed by atoms with van der Waals surface area (Å²) in [6.45, 7) is 0.565. The molecule has 0 aliphatic rings. The van der Waals surface area contributed by atoms with Gasteiger partial charge in [-0.2, -0.15) is 0 Å². The molecule has 4 nitrogen and oxygen atoms in total. The monoisotopic (exact) mass is 321 g/mol. The smallest absolute Gasteiger partial charge is 0.244 e. The van der Waals surface area contributed by atoms with Crippen molar-refractivity contribution in [2.75, 3.05) is 13.2 Å². The average Bonchev–Trinajstić information content (AvgIpc) is 2.62. The maximum absolute atomic E-state index is 11.2. The van der Waals surface area contributed by atoms with Gasteiger partial charge in [-0.3, -0.25) is 4.79 Å². The van der Waals surface area contributed by atoms with Gasteiger partial charge in [0.15, 0.2) is 3.77 Å². The zero-order chi connectivity index (χ0) is 11.1. The highest BCUT2D eigenvalue weighted by atomic mass is 127. The second-order valence-electron chi connectivity index (χ2n) is 2.84. The van der Waals surface area contributed by atoms with E-state index in [-0.39, 0.29) is 12.5 Å². The van der Waals surface area contributed by atoms with Crippen molar-refractivity contribution in [2.24, 2.45) is 0 Å². The van der Waals surface area contributed by atoms with E-state index in [1.54, 1.807) is 12.1 Å². The molecule has 1 amide bonds. The predicted molar refractivity (Wildman–Crippen MR) is 65.2 cm³/mol. The highest BCUT2D eigenvalue weighted by Gasteiger charge is 1.96. The Hall–Kier alpha value is -0.820. The van der Waals surface area contributed by atoms with Gasteiger partial charge in [-0.05, 0) is 47.2 Å². The number of hydrogen-bond donors (Lipinski definition) is 2. The van der Waals surface area contributed by atoms with Crippen LogP contribution in [-0.2, 0) is 4.79 Å². The number of carbonyl (C=O) groups is 1. The Morgan fingerprint density at radius 1 is 1.60 bits per heavy atom. The Bertz CT molecular complexity index is 346. The van der Waals surface area contributed by atoms with E-state index in [9.17, 15) is 4.79 Å². The standard InChI is InChI=1S/C10H12INO3/c11-9-4-2-8(15-9)3-5-10(14)12-6-1-7-13/h2-5,13H,1,6-7H2,(H,12,14)/b5-3+. The third kappa shape index (κ3) is 4.98. The van der Waals surface area contributed by atoms with Gasteiger partial charge < -0.3 is 14.8 Å². The van der Waals surface area contributed by atoms with Crippen molar-refractivity contribution in [1.29, 1.82) is 0 Å². The highest BCUT2D eigenvalue weighted by molar-refractivity contribution is 14.1. The van der Waals surface area contributed by atoms with Crippen LogP contribution in [-0.4, -0.2) is 24.2 Å². The Kier molecular flexibility index (Phi) is 5.41. The Labute approximate surface area is 101 Å². The molecule has 0 atom stereocenters. The zero-order valence-corrected chi connectivity index (χ0v) is 10.2. The third-order valence-electron chi connectivity index (χ3n) is 1.63. The molecule has 0 saturated carbocycles. The van der Waals surface area contributed by atoms with Gasteiger partial charge >= 0.3 is 0 Å². The Morgan fingerprint density at radius 3 is 3.00 bits per heavy atom. The summed E-state index contributed by atoms with van der Waals surface area (Å²) >= 11 is 2.06. The molecular weight excluding hydrogens is 309 g/mol. The summed E-state index contributed by atoms with van der Waals surface area (Å²) in [7, 11) is 0. The van der Waals surface area contributed by atoms with Gasteiger partial charge in [0, 0.05) is 19.2 Å². The lowest BCUT2D eigenvalue weighted by Gasteiger charge is -1.98. The van der Waals surface area contributed by atoms with Crippen LogP contribution >= 0.6 is 22.6 Å². The van der Waals surface area contributed by atoms with Crippen LogP contribution in [0.5, 0.6) is 0 Å². The van der Waals surface area contributed by atoms with E-state index in [4.69, 9.17) is 9.52 Å². The lowest BCUT2D eigenvalue weighted by Crippen LogP contribution is -2.22. The fourth-order valence-electron chi connectivity index (χ4n) is 0.925. The number of carbonyl (C=O) groups excluding carboxylic acids is 1. The normalized spacial score (nSPS) is 10.8. The topological polar surface area (TPSA) is 62.5 Å². The van der Waals surface area contributed by atoms with E-state index in [0.29, 0.717) is 18.7 Å². The van der Waals surface area contributed by atoms with Crippen LogP contribution in [0.25, 0.3) is 6.08 Å². The summed E-state index contributed by atoms with van der Waals surface area (Å²) in [6, 6.07) is 3.61. The quantitative estimate of drug-likeness (QED) is 0.489. The molecule has 15 heavy (non-hydrogen) atoms. The van der Waals surface area contributed by atoms with Crippen LogP contribution in [0, 0.1) is 3.77 Å². The van der Waals surface area contributed by atoms with Crippen molar-refractivity contribution in [2.45, 2.75) is 6.42 Å². The maximum Gasteiger partial charge on any atom is 0.244 e. The molecule has 0 bridgehead atoms. The molecule has 5 heteroatoms. The molecule has 82 valence electrons. The maximum atomic E-state index is 11.2. The van der Waals surface area contributed by atoms with Gasteiger partial charge in [0.2, 0.25) is 5.91 Å². The predicted octanol–water partition coefficient (Wildman–Crippen LogP) is 1.40. The molecule has 0 aliphatic heterocycles.